The van der Waals surface area contributed by atoms with Gasteiger partial charge in [-0.25, -0.2) is 24.9 Å². The molecule has 0 atom stereocenters. The number of nitrogens with zero attached hydrogens (tertiary/aromatic N) is 5. The van der Waals surface area contributed by atoms with Crippen LogP contribution in [-0.2, 0) is 0 Å². The minimum Gasteiger partial charge on any atom is -0.235 e. The van der Waals surface area contributed by atoms with E-state index >= 15 is 0 Å². The highest BCUT2D eigenvalue weighted by Gasteiger charge is 2.16. The van der Waals surface area contributed by atoms with E-state index in [1.165, 1.54) is 4.70 Å². The molecule has 0 fully saturated rings. The molecule has 0 bridgehead atoms. The molecule has 0 aliphatic carbocycles. The van der Waals surface area contributed by atoms with Crippen molar-refractivity contribution in [2.24, 2.45) is 0 Å². The molecule has 0 saturated heterocycles. The molecule has 0 N–H and O–H groups in total. The Hall–Kier alpha value is -5.59. The highest BCUT2D eigenvalue weighted by Crippen LogP contribution is 2.38. The Morgan fingerprint density at radius 2 is 0.953 bits per heavy atom. The number of hydrogen-bond donors (Lipinski definition) is 0. The van der Waals surface area contributed by atoms with E-state index < -0.39 is 0 Å². The Morgan fingerprint density at radius 1 is 0.419 bits per heavy atom. The van der Waals surface area contributed by atoms with Crippen molar-refractivity contribution in [2.75, 3.05) is 0 Å². The number of aromatic nitrogens is 5. The van der Waals surface area contributed by atoms with Crippen LogP contribution < -0.4 is 0 Å². The van der Waals surface area contributed by atoms with Crippen molar-refractivity contribution < 1.29 is 0 Å². The van der Waals surface area contributed by atoms with Gasteiger partial charge in [-0.15, -0.1) is 11.3 Å². The first-order valence-electron chi connectivity index (χ1n) is 14.0. The lowest BCUT2D eigenvalue weighted by molar-refractivity contribution is 1.07. The maximum atomic E-state index is 5.01. The quantitative estimate of drug-likeness (QED) is 0.207. The van der Waals surface area contributed by atoms with Gasteiger partial charge in [0.1, 0.15) is 6.33 Å². The third-order valence-corrected chi connectivity index (χ3v) is 8.61. The van der Waals surface area contributed by atoms with E-state index in [-0.39, 0.29) is 0 Å². The average molecular weight is 570 g/mol. The minimum atomic E-state index is 0.609. The second kappa shape index (κ2) is 10.7. The van der Waals surface area contributed by atoms with Gasteiger partial charge in [-0.2, -0.15) is 0 Å². The highest BCUT2D eigenvalue weighted by molar-refractivity contribution is 7.26. The molecule has 8 rings (SSSR count). The molecule has 43 heavy (non-hydrogen) atoms. The van der Waals surface area contributed by atoms with Crippen molar-refractivity contribution in [3.05, 3.63) is 140 Å². The number of rotatable bonds is 5. The lowest BCUT2D eigenvalue weighted by Gasteiger charge is -2.10. The highest BCUT2D eigenvalue weighted by atomic mass is 32.1. The third kappa shape index (κ3) is 4.74. The van der Waals surface area contributed by atoms with Crippen molar-refractivity contribution in [3.8, 4) is 56.5 Å². The van der Waals surface area contributed by atoms with Crippen LogP contribution in [0.15, 0.2) is 140 Å². The zero-order valence-electron chi connectivity index (χ0n) is 22.9. The molecule has 3 heterocycles. The van der Waals surface area contributed by atoms with Crippen molar-refractivity contribution in [1.29, 1.82) is 0 Å². The second-order valence-electron chi connectivity index (χ2n) is 10.2. The lowest BCUT2D eigenvalue weighted by Crippen LogP contribution is -2.00. The van der Waals surface area contributed by atoms with Crippen molar-refractivity contribution >= 4 is 31.6 Å². The maximum absolute atomic E-state index is 5.01. The standard InChI is InChI=1S/C37H23N5S/c1-3-11-24(12-4-1)26-15-9-17-28(21-26)36-40-35(25-13-5-2-6-14-25)41-37(42-36)29-18-10-16-27(22-29)32-34-33(39-23-38-32)30-19-7-8-20-31(30)43-34/h1-23H. The van der Waals surface area contributed by atoms with Gasteiger partial charge in [-0.1, -0.05) is 115 Å². The van der Waals surface area contributed by atoms with Crippen LogP contribution in [-0.4, -0.2) is 24.9 Å². The Morgan fingerprint density at radius 3 is 1.67 bits per heavy atom. The molecule has 6 heteroatoms. The predicted octanol–water partition coefficient (Wildman–Crippen LogP) is 9.36. The van der Waals surface area contributed by atoms with Gasteiger partial charge < -0.3 is 0 Å². The molecule has 0 unspecified atom stereocenters. The molecule has 0 amide bonds. The van der Waals surface area contributed by atoms with Crippen LogP contribution in [0.1, 0.15) is 0 Å². The first kappa shape index (κ1) is 25.1. The largest absolute Gasteiger partial charge is 0.235 e. The molecular formula is C37H23N5S. The fourth-order valence-corrected chi connectivity index (χ4v) is 6.52. The van der Waals surface area contributed by atoms with Crippen LogP contribution >= 0.6 is 11.3 Å². The lowest BCUT2D eigenvalue weighted by atomic mass is 10.0. The normalized spacial score (nSPS) is 11.3. The van der Waals surface area contributed by atoms with Gasteiger partial charge >= 0.3 is 0 Å². The first-order chi connectivity index (χ1) is 21.3. The first-order valence-corrected chi connectivity index (χ1v) is 14.8. The van der Waals surface area contributed by atoms with Crippen LogP contribution in [0.25, 0.3) is 76.9 Å². The molecule has 5 nitrogen and oxygen atoms in total. The molecule has 0 aliphatic heterocycles. The van der Waals surface area contributed by atoms with E-state index in [1.54, 1.807) is 17.7 Å². The molecule has 0 radical (unpaired) electrons. The van der Waals surface area contributed by atoms with Gasteiger partial charge in [0.05, 0.1) is 15.9 Å². The van der Waals surface area contributed by atoms with E-state index in [0.717, 1.165) is 54.7 Å². The van der Waals surface area contributed by atoms with Crippen LogP contribution in [0.2, 0.25) is 0 Å². The summed E-state index contributed by atoms with van der Waals surface area (Å²) < 4.78 is 2.27. The third-order valence-electron chi connectivity index (χ3n) is 7.45. The summed E-state index contributed by atoms with van der Waals surface area (Å²) in [6.07, 6.45) is 1.65. The summed E-state index contributed by atoms with van der Waals surface area (Å²) >= 11 is 1.72. The summed E-state index contributed by atoms with van der Waals surface area (Å²) in [5, 5.41) is 1.15. The Kier molecular flexibility index (Phi) is 6.24. The van der Waals surface area contributed by atoms with Crippen LogP contribution in [0.4, 0.5) is 0 Å². The van der Waals surface area contributed by atoms with E-state index in [2.05, 4.69) is 77.8 Å². The van der Waals surface area contributed by atoms with Crippen LogP contribution in [0.3, 0.4) is 0 Å². The van der Waals surface area contributed by atoms with Crippen molar-refractivity contribution in [3.63, 3.8) is 0 Å². The fourth-order valence-electron chi connectivity index (χ4n) is 5.35. The SMILES string of the molecule is c1ccc(-c2cccc(-c3nc(-c4ccccc4)nc(-c4cccc(-c5ncnc6c5sc5ccccc56)c4)n3)c2)cc1. The molecule has 0 spiro atoms. The summed E-state index contributed by atoms with van der Waals surface area (Å²) in [7, 11) is 0. The average Bonchev–Trinajstić information content (AvgIpc) is 3.48. The molecule has 5 aromatic carbocycles. The Balaban J connectivity index is 1.28. The van der Waals surface area contributed by atoms with E-state index in [1.807, 2.05) is 60.7 Å². The molecule has 202 valence electrons. The minimum absolute atomic E-state index is 0.609. The van der Waals surface area contributed by atoms with Gasteiger partial charge in [0.2, 0.25) is 0 Å². The van der Waals surface area contributed by atoms with E-state index in [4.69, 9.17) is 19.9 Å². The van der Waals surface area contributed by atoms with Gasteiger partial charge in [0.25, 0.3) is 0 Å². The summed E-state index contributed by atoms with van der Waals surface area (Å²) in [6, 6.07) is 45.4. The monoisotopic (exact) mass is 569 g/mol. The number of hydrogen-bond acceptors (Lipinski definition) is 6. The zero-order chi connectivity index (χ0) is 28.6. The molecule has 3 aromatic heterocycles. The molecule has 0 saturated carbocycles. The van der Waals surface area contributed by atoms with Gasteiger partial charge in [-0.05, 0) is 29.3 Å². The maximum Gasteiger partial charge on any atom is 0.164 e. The van der Waals surface area contributed by atoms with Crippen molar-refractivity contribution in [1.82, 2.24) is 24.9 Å². The van der Waals surface area contributed by atoms with Gasteiger partial charge in [0.15, 0.2) is 17.5 Å². The summed E-state index contributed by atoms with van der Waals surface area (Å²) in [5.41, 5.74) is 7.89. The number of thiophene rings is 1. The number of fused-ring (bicyclic) bond motifs is 3. The van der Waals surface area contributed by atoms with Crippen molar-refractivity contribution in [2.45, 2.75) is 0 Å². The number of benzene rings is 5. The topological polar surface area (TPSA) is 64.5 Å². The van der Waals surface area contributed by atoms with Gasteiger partial charge in [-0.3, -0.25) is 0 Å². The summed E-state index contributed by atoms with van der Waals surface area (Å²) in [6.45, 7) is 0. The Labute approximate surface area is 252 Å². The molecule has 0 aliphatic rings. The second-order valence-corrected chi connectivity index (χ2v) is 11.3. The smallest absolute Gasteiger partial charge is 0.164 e. The fraction of sp³-hybridized carbons (Fsp3) is 0. The molecular weight excluding hydrogens is 547 g/mol. The Bertz CT molecular complexity index is 2240. The van der Waals surface area contributed by atoms with E-state index in [0.29, 0.717) is 17.5 Å². The predicted molar refractivity (Wildman–Crippen MR) is 175 cm³/mol. The molecule has 8 aromatic rings. The van der Waals surface area contributed by atoms with Gasteiger partial charge in [0, 0.05) is 32.3 Å². The zero-order valence-corrected chi connectivity index (χ0v) is 23.7. The summed E-state index contributed by atoms with van der Waals surface area (Å²) in [5.74, 6) is 1.86. The van der Waals surface area contributed by atoms with Crippen LogP contribution in [0.5, 0.6) is 0 Å². The van der Waals surface area contributed by atoms with Crippen LogP contribution in [0, 0.1) is 0 Å². The summed E-state index contributed by atoms with van der Waals surface area (Å²) in [4.78, 5) is 24.3. The van der Waals surface area contributed by atoms with E-state index in [9.17, 15) is 0 Å².